The molecule has 2 atom stereocenters. The molecule has 2 N–H and O–H groups in total. The number of hydrogen-bond acceptors (Lipinski definition) is 3. The maximum atomic E-state index is 12.4. The van der Waals surface area contributed by atoms with Crippen LogP contribution in [0, 0.1) is 5.41 Å². The molecule has 2 unspecified atom stereocenters. The van der Waals surface area contributed by atoms with Crippen LogP contribution < -0.4 is 4.72 Å². The highest BCUT2D eigenvalue weighted by atomic mass is 32.2. The third-order valence-corrected chi connectivity index (χ3v) is 6.27. The minimum absolute atomic E-state index is 0.0419. The van der Waals surface area contributed by atoms with Gasteiger partial charge in [0.15, 0.2) is 0 Å². The molecule has 2 aliphatic rings. The van der Waals surface area contributed by atoms with Crippen molar-refractivity contribution in [3.05, 3.63) is 0 Å². The summed E-state index contributed by atoms with van der Waals surface area (Å²) in [6, 6.07) is -0.134. The third-order valence-electron chi connectivity index (χ3n) is 4.64. The van der Waals surface area contributed by atoms with E-state index in [1.165, 1.54) is 0 Å². The third kappa shape index (κ3) is 3.48. The summed E-state index contributed by atoms with van der Waals surface area (Å²) in [7, 11) is -3.40. The molecule has 0 spiro atoms. The highest BCUT2D eigenvalue weighted by Gasteiger charge is 2.41. The molecule has 0 amide bonds. The zero-order valence-electron chi connectivity index (χ0n) is 11.8. The van der Waals surface area contributed by atoms with E-state index in [4.69, 9.17) is 0 Å². The molecule has 0 aromatic rings. The highest BCUT2D eigenvalue weighted by molar-refractivity contribution is 7.87. The summed E-state index contributed by atoms with van der Waals surface area (Å²) in [5, 5.41) is 9.50. The van der Waals surface area contributed by atoms with Crippen molar-refractivity contribution in [1.82, 2.24) is 9.03 Å². The quantitative estimate of drug-likeness (QED) is 0.818. The summed E-state index contributed by atoms with van der Waals surface area (Å²) in [6.07, 6.45) is 6.81. The predicted molar refractivity (Wildman–Crippen MR) is 74.9 cm³/mol. The Morgan fingerprint density at radius 2 is 1.84 bits per heavy atom. The van der Waals surface area contributed by atoms with Crippen molar-refractivity contribution in [2.45, 2.75) is 57.9 Å². The molecule has 19 heavy (non-hydrogen) atoms. The zero-order valence-corrected chi connectivity index (χ0v) is 12.6. The maximum absolute atomic E-state index is 12.4. The lowest BCUT2D eigenvalue weighted by atomic mass is 9.86. The van der Waals surface area contributed by atoms with Gasteiger partial charge in [-0.15, -0.1) is 0 Å². The minimum atomic E-state index is -3.40. The average molecular weight is 290 g/mol. The van der Waals surface area contributed by atoms with Crippen LogP contribution in [-0.4, -0.2) is 43.6 Å². The van der Waals surface area contributed by atoms with Gasteiger partial charge in [0, 0.05) is 31.2 Å². The van der Waals surface area contributed by atoms with E-state index >= 15 is 0 Å². The van der Waals surface area contributed by atoms with Gasteiger partial charge in [-0.3, -0.25) is 0 Å². The summed E-state index contributed by atoms with van der Waals surface area (Å²) in [4.78, 5) is 0. The monoisotopic (exact) mass is 290 g/mol. The number of hydrogen-bond donors (Lipinski definition) is 2. The van der Waals surface area contributed by atoms with Gasteiger partial charge in [0.25, 0.3) is 10.2 Å². The first-order valence-electron chi connectivity index (χ1n) is 7.36. The van der Waals surface area contributed by atoms with Gasteiger partial charge in [0.05, 0.1) is 0 Å². The first-order chi connectivity index (χ1) is 8.98. The second-order valence-electron chi connectivity index (χ2n) is 6.19. The molecule has 2 rings (SSSR count). The smallest absolute Gasteiger partial charge is 0.279 e. The average Bonchev–Trinajstić information content (AvgIpc) is 2.60. The van der Waals surface area contributed by atoms with Crippen molar-refractivity contribution < 1.29 is 13.5 Å². The molecule has 0 radical (unpaired) electrons. The van der Waals surface area contributed by atoms with Gasteiger partial charge in [-0.1, -0.05) is 26.2 Å². The van der Waals surface area contributed by atoms with Crippen LogP contribution in [0.4, 0.5) is 0 Å². The van der Waals surface area contributed by atoms with Crippen molar-refractivity contribution >= 4 is 10.2 Å². The number of nitrogens with one attached hydrogen (secondary N) is 1. The van der Waals surface area contributed by atoms with Crippen molar-refractivity contribution in [3.63, 3.8) is 0 Å². The van der Waals surface area contributed by atoms with Crippen LogP contribution in [-0.2, 0) is 10.2 Å². The molecule has 5 nitrogen and oxygen atoms in total. The molecule has 1 aliphatic heterocycles. The first kappa shape index (κ1) is 15.2. The fourth-order valence-corrected chi connectivity index (χ4v) is 4.81. The van der Waals surface area contributed by atoms with Crippen LogP contribution in [0.5, 0.6) is 0 Å². The summed E-state index contributed by atoms with van der Waals surface area (Å²) in [6.45, 7) is 3.26. The largest absolute Gasteiger partial charge is 0.396 e. The topological polar surface area (TPSA) is 69.6 Å². The fourth-order valence-electron chi connectivity index (χ4n) is 3.16. The van der Waals surface area contributed by atoms with Crippen LogP contribution in [0.2, 0.25) is 0 Å². The normalized spacial score (nSPS) is 34.3. The van der Waals surface area contributed by atoms with Gasteiger partial charge in [-0.05, 0) is 25.7 Å². The Morgan fingerprint density at radius 1 is 1.21 bits per heavy atom. The highest BCUT2D eigenvalue weighted by Crippen LogP contribution is 2.37. The van der Waals surface area contributed by atoms with Crippen LogP contribution >= 0.6 is 0 Å². The van der Waals surface area contributed by atoms with E-state index in [1.54, 1.807) is 4.31 Å². The van der Waals surface area contributed by atoms with E-state index < -0.39 is 10.2 Å². The Bertz CT molecular complexity index is 391. The second-order valence-corrected chi connectivity index (χ2v) is 7.90. The van der Waals surface area contributed by atoms with Crippen LogP contribution in [0.3, 0.4) is 0 Å². The Kier molecular flexibility index (Phi) is 4.87. The zero-order chi connectivity index (χ0) is 13.9. The molecule has 6 heteroatoms. The molecule has 0 aromatic carbocycles. The molecule has 0 aromatic heterocycles. The Morgan fingerprint density at radius 3 is 2.42 bits per heavy atom. The van der Waals surface area contributed by atoms with Gasteiger partial charge in [0.2, 0.25) is 0 Å². The summed E-state index contributed by atoms with van der Waals surface area (Å²) in [5.41, 5.74) is -0.307. The minimum Gasteiger partial charge on any atom is -0.396 e. The molecular weight excluding hydrogens is 264 g/mol. The van der Waals surface area contributed by atoms with Gasteiger partial charge in [0.1, 0.15) is 0 Å². The number of nitrogens with zero attached hydrogens (tertiary/aromatic N) is 1. The van der Waals surface area contributed by atoms with Gasteiger partial charge in [-0.25, -0.2) is 0 Å². The van der Waals surface area contributed by atoms with E-state index in [1.807, 2.05) is 6.92 Å². The molecule has 0 bridgehead atoms. The van der Waals surface area contributed by atoms with E-state index in [9.17, 15) is 13.5 Å². The number of aliphatic hydroxyl groups is 1. The Hall–Kier alpha value is -0.170. The molecule has 2 fully saturated rings. The fraction of sp³-hybridized carbons (Fsp3) is 1.00. The van der Waals surface area contributed by atoms with Crippen molar-refractivity contribution in [3.8, 4) is 0 Å². The Labute approximate surface area is 116 Å². The van der Waals surface area contributed by atoms with Crippen molar-refractivity contribution in [1.29, 1.82) is 0 Å². The number of aliphatic hydroxyl groups excluding tert-OH is 1. The van der Waals surface area contributed by atoms with Crippen LogP contribution in [0.25, 0.3) is 0 Å². The molecule has 1 saturated heterocycles. The van der Waals surface area contributed by atoms with Gasteiger partial charge >= 0.3 is 0 Å². The van der Waals surface area contributed by atoms with E-state index in [0.29, 0.717) is 13.1 Å². The maximum Gasteiger partial charge on any atom is 0.279 e. The van der Waals surface area contributed by atoms with E-state index in [0.717, 1.165) is 44.9 Å². The SMILES string of the molecule is CC1(CO)CCCC1NS(=O)(=O)N1CCCCCC1. The van der Waals surface area contributed by atoms with Crippen LogP contribution in [0.1, 0.15) is 51.9 Å². The van der Waals surface area contributed by atoms with E-state index in [2.05, 4.69) is 4.72 Å². The van der Waals surface area contributed by atoms with Crippen LogP contribution in [0.15, 0.2) is 0 Å². The molecule has 1 aliphatic carbocycles. The van der Waals surface area contributed by atoms with Crippen molar-refractivity contribution in [2.75, 3.05) is 19.7 Å². The van der Waals surface area contributed by atoms with E-state index in [-0.39, 0.29) is 18.1 Å². The van der Waals surface area contributed by atoms with Gasteiger partial charge in [-0.2, -0.15) is 17.4 Å². The van der Waals surface area contributed by atoms with Crippen molar-refractivity contribution in [2.24, 2.45) is 5.41 Å². The summed E-state index contributed by atoms with van der Waals surface area (Å²) >= 11 is 0. The second kappa shape index (κ2) is 6.08. The van der Waals surface area contributed by atoms with Gasteiger partial charge < -0.3 is 5.11 Å². The predicted octanol–water partition coefficient (Wildman–Crippen LogP) is 1.25. The summed E-state index contributed by atoms with van der Waals surface area (Å²) < 4.78 is 29.3. The molecule has 1 saturated carbocycles. The summed E-state index contributed by atoms with van der Waals surface area (Å²) in [5.74, 6) is 0. The Balaban J connectivity index is 2.04. The number of rotatable bonds is 4. The molecule has 112 valence electrons. The lowest BCUT2D eigenvalue weighted by Gasteiger charge is -2.32. The lowest BCUT2D eigenvalue weighted by Crippen LogP contribution is -2.50. The first-order valence-corrected chi connectivity index (χ1v) is 8.80. The molecular formula is C13H26N2O3S. The standard InChI is InChI=1S/C13H26N2O3S/c1-13(11-16)8-6-7-12(13)14-19(17,18)15-9-4-2-3-5-10-15/h12,14,16H,2-11H2,1H3. The molecule has 1 heterocycles. The lowest BCUT2D eigenvalue weighted by molar-refractivity contribution is 0.126.